The number of phenolic OH excluding ortho intramolecular Hbond substituents is 1. The topological polar surface area (TPSA) is 82.0 Å². The van der Waals surface area contributed by atoms with E-state index in [0.717, 1.165) is 43.8 Å². The van der Waals surface area contributed by atoms with Crippen LogP contribution in [0.2, 0.25) is 0 Å². The number of hydrogen-bond donors (Lipinski definition) is 3. The lowest BCUT2D eigenvalue weighted by Crippen LogP contribution is -2.80. The Morgan fingerprint density at radius 2 is 1.97 bits per heavy atom. The Labute approximate surface area is 217 Å². The van der Waals surface area contributed by atoms with Gasteiger partial charge in [-0.15, -0.1) is 0 Å². The highest BCUT2D eigenvalue weighted by Crippen LogP contribution is 2.74. The van der Waals surface area contributed by atoms with Crippen molar-refractivity contribution in [3.8, 4) is 11.5 Å². The Morgan fingerprint density at radius 1 is 1.14 bits per heavy atom. The van der Waals surface area contributed by atoms with Gasteiger partial charge in [-0.1, -0.05) is 48.6 Å². The normalized spacial score (nSPS) is 38.2. The summed E-state index contributed by atoms with van der Waals surface area (Å²) in [5, 5.41) is 26.3. The third kappa shape index (κ3) is 2.75. The molecule has 3 fully saturated rings. The zero-order valence-corrected chi connectivity index (χ0v) is 21.0. The molecule has 6 heteroatoms. The molecule has 192 valence electrons. The van der Waals surface area contributed by atoms with E-state index in [1.807, 2.05) is 24.3 Å². The summed E-state index contributed by atoms with van der Waals surface area (Å²) in [7, 11) is 0. The van der Waals surface area contributed by atoms with Gasteiger partial charge in [-0.05, 0) is 68.2 Å². The second kappa shape index (κ2) is 7.39. The Kier molecular flexibility index (Phi) is 4.43. The van der Waals surface area contributed by atoms with Crippen molar-refractivity contribution in [2.24, 2.45) is 17.3 Å². The lowest BCUT2D eigenvalue weighted by molar-refractivity contribution is -0.206. The average molecular weight is 499 g/mol. The highest BCUT2D eigenvalue weighted by atomic mass is 16.5. The summed E-state index contributed by atoms with van der Waals surface area (Å²) >= 11 is 0. The van der Waals surface area contributed by atoms with E-state index in [9.17, 15) is 15.0 Å². The molecular weight excluding hydrogens is 464 g/mol. The lowest BCUT2D eigenvalue weighted by atomic mass is 9.37. The fourth-order valence-corrected chi connectivity index (χ4v) is 8.88. The highest BCUT2D eigenvalue weighted by molar-refractivity contribution is 5.82. The van der Waals surface area contributed by atoms with Crippen LogP contribution in [0.1, 0.15) is 42.4 Å². The number of fused-ring (bicyclic) bond motifs is 1. The van der Waals surface area contributed by atoms with Gasteiger partial charge >= 0.3 is 0 Å². The summed E-state index contributed by atoms with van der Waals surface area (Å²) in [5.74, 6) is 0.769. The van der Waals surface area contributed by atoms with Crippen LogP contribution in [0.4, 0.5) is 0 Å². The molecule has 1 saturated heterocycles. The number of piperidine rings is 1. The van der Waals surface area contributed by atoms with Gasteiger partial charge in [-0.3, -0.25) is 9.69 Å². The first-order valence-electron chi connectivity index (χ1n) is 14.0. The summed E-state index contributed by atoms with van der Waals surface area (Å²) in [5.41, 5.74) is 1.39. The van der Waals surface area contributed by atoms with E-state index < -0.39 is 23.0 Å². The van der Waals surface area contributed by atoms with Crippen molar-refractivity contribution >= 4 is 5.91 Å². The minimum Gasteiger partial charge on any atom is -0.504 e. The molecule has 6 atom stereocenters. The number of carbonyl (C=O) groups is 1. The van der Waals surface area contributed by atoms with Crippen molar-refractivity contribution in [3.63, 3.8) is 0 Å². The van der Waals surface area contributed by atoms with Crippen LogP contribution in [0.15, 0.2) is 54.6 Å². The van der Waals surface area contributed by atoms with Crippen LogP contribution in [-0.4, -0.2) is 58.4 Å². The SMILES string of the molecule is O=C(NCCc1ccccc1)[C@H]1C[C@@]23C=C[C@@]1(O)[C@@H]1Oc4c(O)ccc5c4[C@@]12CCN(CC1CC1)[C@H]3C5. The Hall–Kier alpha value is -2.83. The standard InChI is InChI=1S/C31H34N2O4/c34-23-9-8-21-16-24-29-11-12-31(36,22(17-29)27(35)32-14-10-19-4-2-1-3-5-19)28-30(29,25(21)26(23)37-28)13-15-33(24)18-20-6-7-20/h1-5,8-9,11-12,20,22,24,28,34,36H,6-7,10,13-18H2,(H,32,35)/t22-,24+,28-,29-,30+,31+/m1/s1. The molecular formula is C31H34N2O4. The van der Waals surface area contributed by atoms with Crippen molar-refractivity contribution in [1.82, 2.24) is 10.2 Å². The van der Waals surface area contributed by atoms with Gasteiger partial charge in [0, 0.05) is 30.1 Å². The molecule has 2 heterocycles. The zero-order valence-electron chi connectivity index (χ0n) is 21.0. The van der Waals surface area contributed by atoms with E-state index >= 15 is 0 Å². The molecule has 2 spiro atoms. The Balaban J connectivity index is 1.19. The van der Waals surface area contributed by atoms with Crippen LogP contribution in [0.3, 0.4) is 0 Å². The van der Waals surface area contributed by atoms with Gasteiger partial charge in [0.2, 0.25) is 5.91 Å². The van der Waals surface area contributed by atoms with Crippen molar-refractivity contribution in [2.45, 2.75) is 61.7 Å². The van der Waals surface area contributed by atoms with E-state index in [1.54, 1.807) is 6.07 Å². The average Bonchev–Trinajstić information content (AvgIpc) is 3.64. The number of nitrogens with one attached hydrogen (secondary N) is 1. The van der Waals surface area contributed by atoms with E-state index in [2.05, 4.69) is 34.5 Å². The summed E-state index contributed by atoms with van der Waals surface area (Å²) in [6.07, 6.45) is 9.32. The van der Waals surface area contributed by atoms with Crippen molar-refractivity contribution < 1.29 is 19.7 Å². The summed E-state index contributed by atoms with van der Waals surface area (Å²) in [6, 6.07) is 14.2. The lowest BCUT2D eigenvalue weighted by Gasteiger charge is -2.70. The molecule has 3 N–H and O–H groups in total. The molecule has 4 bridgehead atoms. The summed E-state index contributed by atoms with van der Waals surface area (Å²) < 4.78 is 6.57. The molecule has 9 rings (SSSR count). The molecule has 0 unspecified atom stereocenters. The van der Waals surface area contributed by atoms with Gasteiger partial charge in [-0.25, -0.2) is 0 Å². The number of nitrogens with zero attached hydrogens (tertiary/aromatic N) is 1. The van der Waals surface area contributed by atoms with Crippen LogP contribution in [0.5, 0.6) is 11.5 Å². The molecule has 2 saturated carbocycles. The van der Waals surface area contributed by atoms with Crippen LogP contribution in [0, 0.1) is 17.3 Å². The molecule has 0 aromatic heterocycles. The molecule has 5 aliphatic carbocycles. The Morgan fingerprint density at radius 3 is 2.78 bits per heavy atom. The quantitative estimate of drug-likeness (QED) is 0.534. The van der Waals surface area contributed by atoms with Gasteiger partial charge in [0.25, 0.3) is 0 Å². The van der Waals surface area contributed by atoms with E-state index in [4.69, 9.17) is 4.74 Å². The smallest absolute Gasteiger partial charge is 0.226 e. The fraction of sp³-hybridized carbons (Fsp3) is 0.516. The first-order chi connectivity index (χ1) is 18.0. The van der Waals surface area contributed by atoms with Crippen LogP contribution in [0.25, 0.3) is 0 Å². The fourth-order valence-electron chi connectivity index (χ4n) is 8.88. The number of ether oxygens (including phenoxy) is 1. The van der Waals surface area contributed by atoms with E-state index in [-0.39, 0.29) is 23.1 Å². The maximum Gasteiger partial charge on any atom is 0.226 e. The largest absolute Gasteiger partial charge is 0.504 e. The minimum atomic E-state index is -1.41. The summed E-state index contributed by atoms with van der Waals surface area (Å²) in [6.45, 7) is 2.61. The second-order valence-electron chi connectivity index (χ2n) is 12.4. The van der Waals surface area contributed by atoms with Gasteiger partial charge in [0.15, 0.2) is 11.5 Å². The summed E-state index contributed by atoms with van der Waals surface area (Å²) in [4.78, 5) is 16.4. The Bertz CT molecular complexity index is 1320. The van der Waals surface area contributed by atoms with Crippen molar-refractivity contribution in [2.75, 3.05) is 19.6 Å². The maximum atomic E-state index is 13.7. The second-order valence-corrected chi connectivity index (χ2v) is 12.4. The number of carbonyl (C=O) groups excluding carboxylic acids is 1. The van der Waals surface area contributed by atoms with Crippen LogP contribution >= 0.6 is 0 Å². The molecule has 37 heavy (non-hydrogen) atoms. The molecule has 0 radical (unpaired) electrons. The number of aliphatic hydroxyl groups is 1. The third-order valence-electron chi connectivity index (χ3n) is 10.7. The molecule has 6 nitrogen and oxygen atoms in total. The van der Waals surface area contributed by atoms with Crippen LogP contribution in [-0.2, 0) is 23.1 Å². The number of aromatic hydroxyl groups is 1. The predicted octanol–water partition coefficient (Wildman–Crippen LogP) is 3.10. The van der Waals surface area contributed by atoms with Gasteiger partial charge in [0.1, 0.15) is 11.7 Å². The molecule has 2 aromatic carbocycles. The van der Waals surface area contributed by atoms with Crippen molar-refractivity contribution in [3.05, 3.63) is 71.3 Å². The minimum absolute atomic E-state index is 0.0987. The molecule has 1 amide bonds. The number of rotatable bonds is 6. The molecule has 7 aliphatic rings. The van der Waals surface area contributed by atoms with Crippen LogP contribution < -0.4 is 10.1 Å². The van der Waals surface area contributed by atoms with Gasteiger partial charge < -0.3 is 20.3 Å². The molecule has 2 aromatic rings. The first kappa shape index (κ1) is 22.2. The van der Waals surface area contributed by atoms with Crippen molar-refractivity contribution in [1.29, 1.82) is 0 Å². The predicted molar refractivity (Wildman–Crippen MR) is 138 cm³/mol. The maximum absolute atomic E-state index is 13.7. The highest BCUT2D eigenvalue weighted by Gasteiger charge is 2.79. The van der Waals surface area contributed by atoms with Gasteiger partial charge in [-0.2, -0.15) is 0 Å². The monoisotopic (exact) mass is 498 g/mol. The third-order valence-corrected chi connectivity index (χ3v) is 10.7. The number of amides is 1. The van der Waals surface area contributed by atoms with Gasteiger partial charge in [0.05, 0.1) is 11.3 Å². The number of benzene rings is 2. The zero-order chi connectivity index (χ0) is 25.0. The van der Waals surface area contributed by atoms with E-state index in [1.165, 1.54) is 24.0 Å². The number of phenols is 1. The first-order valence-corrected chi connectivity index (χ1v) is 14.0. The number of hydrogen-bond acceptors (Lipinski definition) is 5. The molecule has 2 aliphatic heterocycles. The van der Waals surface area contributed by atoms with E-state index in [0.29, 0.717) is 18.7 Å². The number of likely N-dealkylation sites (tertiary alicyclic amines) is 1.